The zero-order valence-corrected chi connectivity index (χ0v) is 9.94. The van der Waals surface area contributed by atoms with Crippen molar-refractivity contribution in [3.8, 4) is 0 Å². The van der Waals surface area contributed by atoms with Gasteiger partial charge in [0.1, 0.15) is 5.01 Å². The molecular weight excluding hydrogens is 268 g/mol. The van der Waals surface area contributed by atoms with Crippen LogP contribution in [0.2, 0.25) is 0 Å². The van der Waals surface area contributed by atoms with Gasteiger partial charge < -0.3 is 5.32 Å². The molecule has 6 heteroatoms. The molecule has 0 saturated carbocycles. The van der Waals surface area contributed by atoms with Gasteiger partial charge >= 0.3 is 0 Å². The minimum atomic E-state index is -0.103. The fourth-order valence-electron chi connectivity index (χ4n) is 0.787. The van der Waals surface area contributed by atoms with Gasteiger partial charge in [0.15, 0.2) is 5.78 Å². The van der Waals surface area contributed by atoms with Gasteiger partial charge in [0.25, 0.3) is 0 Å². The van der Waals surface area contributed by atoms with Gasteiger partial charge in [-0.15, -0.1) is 11.3 Å². The average molecular weight is 277 g/mol. The van der Waals surface area contributed by atoms with E-state index in [2.05, 4.69) is 26.2 Å². The highest BCUT2D eigenvalue weighted by molar-refractivity contribution is 9.09. The van der Waals surface area contributed by atoms with Crippen molar-refractivity contribution in [1.29, 1.82) is 0 Å². The lowest BCUT2D eigenvalue weighted by molar-refractivity contribution is -0.119. The zero-order chi connectivity index (χ0) is 10.6. The molecule has 0 unspecified atom stereocenters. The lowest BCUT2D eigenvalue weighted by Crippen LogP contribution is -2.18. The molecule has 0 aliphatic rings. The van der Waals surface area contributed by atoms with Crippen LogP contribution in [-0.4, -0.2) is 22.0 Å². The van der Waals surface area contributed by atoms with Crippen LogP contribution in [0.1, 0.15) is 21.6 Å². The SMILES string of the molecule is CC(=O)NCc1ncc(C(=O)CBr)s1. The van der Waals surface area contributed by atoms with Crippen molar-refractivity contribution >= 4 is 39.0 Å². The number of nitrogens with one attached hydrogen (secondary N) is 1. The summed E-state index contributed by atoms with van der Waals surface area (Å²) in [5.74, 6) is -0.0925. The highest BCUT2D eigenvalue weighted by Gasteiger charge is 2.08. The van der Waals surface area contributed by atoms with E-state index < -0.39 is 0 Å². The summed E-state index contributed by atoms with van der Waals surface area (Å²) in [6.45, 7) is 1.83. The molecule has 1 heterocycles. The number of alkyl halides is 1. The first-order valence-electron chi connectivity index (χ1n) is 3.91. The van der Waals surface area contributed by atoms with E-state index in [1.165, 1.54) is 24.5 Å². The monoisotopic (exact) mass is 276 g/mol. The second-order valence-electron chi connectivity index (χ2n) is 2.58. The van der Waals surface area contributed by atoms with Gasteiger partial charge in [-0.25, -0.2) is 4.98 Å². The van der Waals surface area contributed by atoms with Crippen LogP contribution in [0.3, 0.4) is 0 Å². The molecule has 1 rings (SSSR count). The van der Waals surface area contributed by atoms with Crippen LogP contribution in [-0.2, 0) is 11.3 Å². The molecule has 76 valence electrons. The Kier molecular flexibility index (Phi) is 4.21. The molecule has 1 aromatic heterocycles. The second kappa shape index (κ2) is 5.21. The number of carbonyl (C=O) groups excluding carboxylic acids is 2. The van der Waals surface area contributed by atoms with E-state index in [0.717, 1.165) is 5.01 Å². The molecule has 1 amide bonds. The number of thiazole rings is 1. The number of rotatable bonds is 4. The maximum atomic E-state index is 11.2. The van der Waals surface area contributed by atoms with Crippen LogP contribution in [0.5, 0.6) is 0 Å². The maximum absolute atomic E-state index is 11.2. The molecule has 0 spiro atoms. The number of hydrogen-bond donors (Lipinski definition) is 1. The predicted octanol–water partition coefficient (Wildman–Crippen LogP) is 1.36. The van der Waals surface area contributed by atoms with Crippen LogP contribution in [0.25, 0.3) is 0 Å². The molecule has 0 bridgehead atoms. The van der Waals surface area contributed by atoms with Crippen LogP contribution in [0.4, 0.5) is 0 Å². The van der Waals surface area contributed by atoms with E-state index in [0.29, 0.717) is 16.8 Å². The normalized spacial score (nSPS) is 9.86. The van der Waals surface area contributed by atoms with Crippen LogP contribution < -0.4 is 5.32 Å². The quantitative estimate of drug-likeness (QED) is 0.667. The van der Waals surface area contributed by atoms with Gasteiger partial charge in [-0.05, 0) is 0 Å². The third-order valence-electron chi connectivity index (χ3n) is 1.44. The molecule has 0 radical (unpaired) electrons. The maximum Gasteiger partial charge on any atom is 0.217 e. The van der Waals surface area contributed by atoms with E-state index in [-0.39, 0.29) is 11.7 Å². The summed E-state index contributed by atoms with van der Waals surface area (Å²) < 4.78 is 0. The van der Waals surface area contributed by atoms with Crippen LogP contribution in [0, 0.1) is 0 Å². The van der Waals surface area contributed by atoms with E-state index >= 15 is 0 Å². The molecule has 0 fully saturated rings. The van der Waals surface area contributed by atoms with Crippen molar-refractivity contribution in [3.63, 3.8) is 0 Å². The first-order chi connectivity index (χ1) is 6.63. The third kappa shape index (κ3) is 3.19. The fourth-order valence-corrected chi connectivity index (χ4v) is 2.07. The Morgan fingerprint density at radius 1 is 1.64 bits per heavy atom. The summed E-state index contributed by atoms with van der Waals surface area (Å²) in [6, 6.07) is 0. The lowest BCUT2D eigenvalue weighted by Gasteiger charge is -1.95. The highest BCUT2D eigenvalue weighted by atomic mass is 79.9. The van der Waals surface area contributed by atoms with Gasteiger partial charge in [-0.2, -0.15) is 0 Å². The van der Waals surface area contributed by atoms with E-state index in [4.69, 9.17) is 0 Å². The number of amides is 1. The van der Waals surface area contributed by atoms with Gasteiger partial charge in [-0.3, -0.25) is 9.59 Å². The van der Waals surface area contributed by atoms with Crippen molar-refractivity contribution < 1.29 is 9.59 Å². The topological polar surface area (TPSA) is 59.1 Å². The molecular formula is C8H9BrN2O2S. The first kappa shape index (κ1) is 11.3. The van der Waals surface area contributed by atoms with E-state index in [1.807, 2.05) is 0 Å². The van der Waals surface area contributed by atoms with E-state index in [9.17, 15) is 9.59 Å². The average Bonchev–Trinajstić information content (AvgIpc) is 2.62. The Morgan fingerprint density at radius 2 is 2.36 bits per heavy atom. The number of hydrogen-bond acceptors (Lipinski definition) is 4. The molecule has 1 N–H and O–H groups in total. The summed E-state index contributed by atoms with van der Waals surface area (Å²) in [4.78, 5) is 26.4. The lowest BCUT2D eigenvalue weighted by atomic mass is 10.4. The summed E-state index contributed by atoms with van der Waals surface area (Å²) in [7, 11) is 0. The van der Waals surface area contributed by atoms with Gasteiger partial charge in [0.05, 0.1) is 16.8 Å². The molecule has 0 aliphatic carbocycles. The predicted molar refractivity (Wildman–Crippen MR) is 57.8 cm³/mol. The number of ketones is 1. The highest BCUT2D eigenvalue weighted by Crippen LogP contribution is 2.14. The van der Waals surface area contributed by atoms with E-state index in [1.54, 1.807) is 0 Å². The van der Waals surface area contributed by atoms with Gasteiger partial charge in [0, 0.05) is 13.1 Å². The number of nitrogens with zero attached hydrogens (tertiary/aromatic N) is 1. The minimum absolute atomic E-state index is 0.0107. The first-order valence-corrected chi connectivity index (χ1v) is 5.85. The molecule has 0 saturated heterocycles. The second-order valence-corrected chi connectivity index (χ2v) is 4.26. The van der Waals surface area contributed by atoms with Gasteiger partial charge in [-0.1, -0.05) is 15.9 Å². The standard InChI is InChI=1S/C8H9BrN2O2S/c1-5(12)10-4-8-11-3-7(14-8)6(13)2-9/h3H,2,4H2,1H3,(H,10,12). The number of aromatic nitrogens is 1. The molecule has 14 heavy (non-hydrogen) atoms. The molecule has 1 aromatic rings. The molecule has 0 atom stereocenters. The fraction of sp³-hybridized carbons (Fsp3) is 0.375. The Bertz CT molecular complexity index is 351. The Labute approximate surface area is 93.9 Å². The summed E-state index contributed by atoms with van der Waals surface area (Å²) in [5, 5.41) is 3.66. The summed E-state index contributed by atoms with van der Waals surface area (Å²) in [5.41, 5.74) is 0. The number of carbonyl (C=O) groups is 2. The van der Waals surface area contributed by atoms with Crippen molar-refractivity contribution in [1.82, 2.24) is 10.3 Å². The molecule has 0 aromatic carbocycles. The molecule has 0 aliphatic heterocycles. The van der Waals surface area contributed by atoms with Crippen molar-refractivity contribution in [3.05, 3.63) is 16.1 Å². The van der Waals surface area contributed by atoms with Crippen LogP contribution >= 0.6 is 27.3 Å². The molecule has 4 nitrogen and oxygen atoms in total. The summed E-state index contributed by atoms with van der Waals surface area (Å²) >= 11 is 4.38. The Hall–Kier alpha value is -0.750. The number of halogens is 1. The summed E-state index contributed by atoms with van der Waals surface area (Å²) in [6.07, 6.45) is 1.53. The number of Topliss-reactive ketones (excluding diaryl/α,β-unsaturated/α-hetero) is 1. The van der Waals surface area contributed by atoms with Crippen LogP contribution in [0.15, 0.2) is 6.20 Å². The largest absolute Gasteiger partial charge is 0.350 e. The zero-order valence-electron chi connectivity index (χ0n) is 7.54. The van der Waals surface area contributed by atoms with Crippen molar-refractivity contribution in [2.75, 3.05) is 5.33 Å². The van der Waals surface area contributed by atoms with Crippen molar-refractivity contribution in [2.24, 2.45) is 0 Å². The smallest absolute Gasteiger partial charge is 0.217 e. The van der Waals surface area contributed by atoms with Gasteiger partial charge in [0.2, 0.25) is 5.91 Å². The van der Waals surface area contributed by atoms with Crippen molar-refractivity contribution in [2.45, 2.75) is 13.5 Å². The Morgan fingerprint density at radius 3 is 2.93 bits per heavy atom. The Balaban J connectivity index is 2.59. The third-order valence-corrected chi connectivity index (χ3v) is 2.99. The minimum Gasteiger partial charge on any atom is -0.350 e.